The lowest BCUT2D eigenvalue weighted by molar-refractivity contribution is 0.102. The first-order valence-electron chi connectivity index (χ1n) is 6.98. The summed E-state index contributed by atoms with van der Waals surface area (Å²) in [7, 11) is 0. The monoisotopic (exact) mass is 302 g/mol. The summed E-state index contributed by atoms with van der Waals surface area (Å²) in [6.45, 7) is 1.20. The van der Waals surface area contributed by atoms with Crippen LogP contribution in [0, 0.1) is 5.82 Å². The number of pyridine rings is 1. The summed E-state index contributed by atoms with van der Waals surface area (Å²) < 4.78 is 24.0. The van der Waals surface area contributed by atoms with Crippen molar-refractivity contribution in [2.45, 2.75) is 12.5 Å². The maximum absolute atomic E-state index is 13.1. The van der Waals surface area contributed by atoms with E-state index >= 15 is 0 Å². The predicted molar refractivity (Wildman–Crippen MR) is 78.4 cm³/mol. The number of aromatic nitrogens is 1. The van der Waals surface area contributed by atoms with Crippen LogP contribution in [0.25, 0.3) is 0 Å². The van der Waals surface area contributed by atoms with Crippen molar-refractivity contribution in [2.24, 2.45) is 0 Å². The number of hydrogen-bond donors (Lipinski definition) is 1. The Labute approximate surface area is 127 Å². The van der Waals surface area contributed by atoms with E-state index < -0.39 is 5.82 Å². The highest BCUT2D eigenvalue weighted by molar-refractivity contribution is 6.04. The van der Waals surface area contributed by atoms with Crippen molar-refractivity contribution < 1.29 is 18.7 Å². The summed E-state index contributed by atoms with van der Waals surface area (Å²) in [6.07, 6.45) is 2.28. The Hall–Kier alpha value is -2.47. The molecule has 2 heterocycles. The topological polar surface area (TPSA) is 60.5 Å². The molecule has 1 aliphatic heterocycles. The first-order valence-corrected chi connectivity index (χ1v) is 6.98. The fourth-order valence-corrected chi connectivity index (χ4v) is 2.16. The SMILES string of the molecule is O=C(Nc1cccc(F)c1)c1ccnc(OC2CCOC2)c1. The normalized spacial score (nSPS) is 17.2. The third-order valence-corrected chi connectivity index (χ3v) is 3.25. The molecule has 0 saturated carbocycles. The molecule has 6 heteroatoms. The number of nitrogens with zero attached hydrogens (tertiary/aromatic N) is 1. The van der Waals surface area contributed by atoms with E-state index in [9.17, 15) is 9.18 Å². The third kappa shape index (κ3) is 3.59. The number of anilines is 1. The van der Waals surface area contributed by atoms with Crippen molar-refractivity contribution in [3.63, 3.8) is 0 Å². The van der Waals surface area contributed by atoms with Crippen LogP contribution >= 0.6 is 0 Å². The van der Waals surface area contributed by atoms with Gasteiger partial charge in [-0.1, -0.05) is 6.07 Å². The number of benzene rings is 1. The molecule has 2 aromatic rings. The van der Waals surface area contributed by atoms with Gasteiger partial charge in [-0.15, -0.1) is 0 Å². The molecule has 1 N–H and O–H groups in total. The Morgan fingerprint density at radius 1 is 1.36 bits per heavy atom. The van der Waals surface area contributed by atoms with E-state index in [1.54, 1.807) is 18.2 Å². The Morgan fingerprint density at radius 2 is 2.27 bits per heavy atom. The van der Waals surface area contributed by atoms with Crippen LogP contribution in [0.3, 0.4) is 0 Å². The Kier molecular flexibility index (Phi) is 4.29. The highest BCUT2D eigenvalue weighted by Gasteiger charge is 2.18. The number of ether oxygens (including phenoxy) is 2. The number of rotatable bonds is 4. The van der Waals surface area contributed by atoms with E-state index in [2.05, 4.69) is 10.3 Å². The molecule has 0 radical (unpaired) electrons. The molecule has 22 heavy (non-hydrogen) atoms. The molecule has 0 bridgehead atoms. The second-order valence-corrected chi connectivity index (χ2v) is 4.95. The minimum Gasteiger partial charge on any atom is -0.472 e. The Morgan fingerprint density at radius 3 is 3.05 bits per heavy atom. The molecule has 1 atom stereocenters. The smallest absolute Gasteiger partial charge is 0.255 e. The number of halogens is 1. The zero-order valence-corrected chi connectivity index (χ0v) is 11.8. The van der Waals surface area contributed by atoms with Crippen LogP contribution in [0.5, 0.6) is 5.88 Å². The zero-order chi connectivity index (χ0) is 15.4. The summed E-state index contributed by atoms with van der Waals surface area (Å²) in [5, 5.41) is 2.63. The summed E-state index contributed by atoms with van der Waals surface area (Å²) in [4.78, 5) is 16.3. The maximum atomic E-state index is 13.1. The fourth-order valence-electron chi connectivity index (χ4n) is 2.16. The van der Waals surface area contributed by atoms with Gasteiger partial charge in [0.2, 0.25) is 5.88 Å². The molecule has 0 spiro atoms. The molecule has 0 aliphatic carbocycles. The van der Waals surface area contributed by atoms with Gasteiger partial charge in [-0.25, -0.2) is 9.37 Å². The number of nitrogens with one attached hydrogen (secondary N) is 1. The van der Waals surface area contributed by atoms with Crippen molar-refractivity contribution in [3.05, 3.63) is 54.0 Å². The van der Waals surface area contributed by atoms with Crippen LogP contribution in [0.2, 0.25) is 0 Å². The van der Waals surface area contributed by atoms with Crippen LogP contribution < -0.4 is 10.1 Å². The van der Waals surface area contributed by atoms with Gasteiger partial charge in [0.1, 0.15) is 11.9 Å². The van der Waals surface area contributed by atoms with Gasteiger partial charge in [-0.2, -0.15) is 0 Å². The highest BCUT2D eigenvalue weighted by atomic mass is 19.1. The lowest BCUT2D eigenvalue weighted by Crippen LogP contribution is -2.17. The molecule has 1 unspecified atom stereocenters. The lowest BCUT2D eigenvalue weighted by atomic mass is 10.2. The first-order chi connectivity index (χ1) is 10.7. The van der Waals surface area contributed by atoms with Crippen LogP contribution in [-0.2, 0) is 4.74 Å². The highest BCUT2D eigenvalue weighted by Crippen LogP contribution is 2.17. The zero-order valence-electron chi connectivity index (χ0n) is 11.8. The van der Waals surface area contributed by atoms with Gasteiger partial charge >= 0.3 is 0 Å². The number of carbonyl (C=O) groups is 1. The van der Waals surface area contributed by atoms with E-state index in [4.69, 9.17) is 9.47 Å². The van der Waals surface area contributed by atoms with Crippen molar-refractivity contribution in [3.8, 4) is 5.88 Å². The van der Waals surface area contributed by atoms with E-state index in [1.807, 2.05) is 0 Å². The van der Waals surface area contributed by atoms with Crippen molar-refractivity contribution in [2.75, 3.05) is 18.5 Å². The molecule has 1 saturated heterocycles. The molecule has 5 nitrogen and oxygen atoms in total. The summed E-state index contributed by atoms with van der Waals surface area (Å²) >= 11 is 0. The fraction of sp³-hybridized carbons (Fsp3) is 0.250. The first kappa shape index (κ1) is 14.5. The van der Waals surface area contributed by atoms with E-state index in [0.29, 0.717) is 30.3 Å². The molecule has 1 aliphatic rings. The Balaban J connectivity index is 1.69. The average Bonchev–Trinajstić information content (AvgIpc) is 3.00. The van der Waals surface area contributed by atoms with Crippen LogP contribution in [0.1, 0.15) is 16.8 Å². The van der Waals surface area contributed by atoms with E-state index in [1.165, 1.54) is 24.4 Å². The lowest BCUT2D eigenvalue weighted by Gasteiger charge is -2.11. The maximum Gasteiger partial charge on any atom is 0.255 e. The molecular weight excluding hydrogens is 287 g/mol. The molecule has 114 valence electrons. The largest absolute Gasteiger partial charge is 0.472 e. The third-order valence-electron chi connectivity index (χ3n) is 3.25. The second kappa shape index (κ2) is 6.53. The van der Waals surface area contributed by atoms with Gasteiger partial charge < -0.3 is 14.8 Å². The quantitative estimate of drug-likeness (QED) is 0.943. The molecular formula is C16H15FN2O3. The van der Waals surface area contributed by atoms with Crippen LogP contribution in [0.15, 0.2) is 42.6 Å². The number of carbonyl (C=O) groups excluding carboxylic acids is 1. The van der Waals surface area contributed by atoms with Crippen LogP contribution in [0.4, 0.5) is 10.1 Å². The van der Waals surface area contributed by atoms with Gasteiger partial charge in [0, 0.05) is 29.9 Å². The van der Waals surface area contributed by atoms with Crippen molar-refractivity contribution >= 4 is 11.6 Å². The summed E-state index contributed by atoms with van der Waals surface area (Å²) in [5.74, 6) is -0.374. The predicted octanol–water partition coefficient (Wildman–Crippen LogP) is 2.64. The van der Waals surface area contributed by atoms with Gasteiger partial charge in [-0.05, 0) is 24.3 Å². The standard InChI is InChI=1S/C16H15FN2O3/c17-12-2-1-3-13(9-12)19-16(20)11-4-6-18-15(8-11)22-14-5-7-21-10-14/h1-4,6,8-9,14H,5,7,10H2,(H,19,20). The number of hydrogen-bond acceptors (Lipinski definition) is 4. The summed E-state index contributed by atoms with van der Waals surface area (Å²) in [5.41, 5.74) is 0.793. The van der Waals surface area contributed by atoms with Gasteiger partial charge in [0.05, 0.1) is 13.2 Å². The van der Waals surface area contributed by atoms with Crippen molar-refractivity contribution in [1.82, 2.24) is 4.98 Å². The van der Waals surface area contributed by atoms with Crippen molar-refractivity contribution in [1.29, 1.82) is 0 Å². The van der Waals surface area contributed by atoms with E-state index in [0.717, 1.165) is 6.42 Å². The molecule has 1 amide bonds. The Bertz CT molecular complexity index is 672. The second-order valence-electron chi connectivity index (χ2n) is 4.95. The summed E-state index contributed by atoms with van der Waals surface area (Å²) in [6, 6.07) is 8.87. The minimum absolute atomic E-state index is 0.0333. The van der Waals surface area contributed by atoms with Gasteiger partial charge in [0.25, 0.3) is 5.91 Å². The average molecular weight is 302 g/mol. The minimum atomic E-state index is -0.405. The molecule has 1 aromatic carbocycles. The number of amides is 1. The molecule has 3 rings (SSSR count). The van der Waals surface area contributed by atoms with Gasteiger partial charge in [-0.3, -0.25) is 4.79 Å². The van der Waals surface area contributed by atoms with Crippen LogP contribution in [-0.4, -0.2) is 30.2 Å². The van der Waals surface area contributed by atoms with Gasteiger partial charge in [0.15, 0.2) is 0 Å². The molecule has 1 fully saturated rings. The molecule has 1 aromatic heterocycles. The van der Waals surface area contributed by atoms with E-state index in [-0.39, 0.29) is 12.0 Å².